The van der Waals surface area contributed by atoms with Crippen molar-refractivity contribution in [3.8, 4) is 0 Å². The summed E-state index contributed by atoms with van der Waals surface area (Å²) >= 11 is 0. The fraction of sp³-hybridized carbons (Fsp3) is 0.538. The van der Waals surface area contributed by atoms with Gasteiger partial charge in [0.2, 0.25) is 5.91 Å². The lowest BCUT2D eigenvalue weighted by Gasteiger charge is -2.25. The van der Waals surface area contributed by atoms with Gasteiger partial charge in [0.25, 0.3) is 0 Å². The highest BCUT2D eigenvalue weighted by Gasteiger charge is 2.16. The number of pyridine rings is 1. The summed E-state index contributed by atoms with van der Waals surface area (Å²) in [4.78, 5) is 17.7. The van der Waals surface area contributed by atoms with E-state index in [1.807, 2.05) is 33.2 Å². The Morgan fingerprint density at radius 3 is 2.71 bits per heavy atom. The minimum Gasteiger partial charge on any atom is -0.339 e. The minimum absolute atomic E-state index is 0.0973. The summed E-state index contributed by atoms with van der Waals surface area (Å²) in [5.74, 6) is 0.185. The third-order valence-electron chi connectivity index (χ3n) is 2.98. The zero-order valence-corrected chi connectivity index (χ0v) is 10.8. The quantitative estimate of drug-likeness (QED) is 0.762. The zero-order chi connectivity index (χ0) is 12.7. The van der Waals surface area contributed by atoms with E-state index in [-0.39, 0.29) is 11.9 Å². The molecule has 1 rings (SSSR count). The maximum atomic E-state index is 11.9. The number of hydrogen-bond donors (Lipinski definition) is 1. The molecule has 94 valence electrons. The van der Waals surface area contributed by atoms with E-state index in [4.69, 9.17) is 0 Å². The molecule has 1 N–H and O–H groups in total. The molecule has 0 radical (unpaired) electrons. The minimum atomic E-state index is 0.0973. The Kier molecular flexibility index (Phi) is 5.63. The first-order valence-electron chi connectivity index (χ1n) is 5.97. The van der Waals surface area contributed by atoms with Gasteiger partial charge in [-0.25, -0.2) is 0 Å². The third-order valence-corrected chi connectivity index (χ3v) is 2.98. The van der Waals surface area contributed by atoms with Crippen LogP contribution < -0.4 is 5.32 Å². The normalized spacial score (nSPS) is 12.2. The zero-order valence-electron chi connectivity index (χ0n) is 10.8. The molecule has 1 aromatic heterocycles. The van der Waals surface area contributed by atoms with Crippen LogP contribution in [0.2, 0.25) is 0 Å². The van der Waals surface area contributed by atoms with Crippen LogP contribution in [-0.4, -0.2) is 36.4 Å². The topological polar surface area (TPSA) is 45.2 Å². The van der Waals surface area contributed by atoms with Gasteiger partial charge in [0, 0.05) is 25.9 Å². The van der Waals surface area contributed by atoms with Gasteiger partial charge in [-0.1, -0.05) is 0 Å². The van der Waals surface area contributed by atoms with Crippen LogP contribution >= 0.6 is 0 Å². The van der Waals surface area contributed by atoms with Crippen molar-refractivity contribution in [2.45, 2.75) is 25.8 Å². The van der Waals surface area contributed by atoms with E-state index in [2.05, 4.69) is 10.3 Å². The van der Waals surface area contributed by atoms with Crippen molar-refractivity contribution in [1.82, 2.24) is 15.2 Å². The number of rotatable bonds is 6. The van der Waals surface area contributed by atoms with E-state index in [9.17, 15) is 4.79 Å². The van der Waals surface area contributed by atoms with E-state index in [0.717, 1.165) is 18.5 Å². The third kappa shape index (κ3) is 4.15. The first kappa shape index (κ1) is 13.6. The van der Waals surface area contributed by atoms with Crippen LogP contribution in [0.5, 0.6) is 0 Å². The summed E-state index contributed by atoms with van der Waals surface area (Å²) in [6.07, 6.45) is 4.98. The van der Waals surface area contributed by atoms with Crippen molar-refractivity contribution in [3.63, 3.8) is 0 Å². The molecule has 1 amide bonds. The Balaban J connectivity index is 2.51. The second kappa shape index (κ2) is 7.01. The summed E-state index contributed by atoms with van der Waals surface area (Å²) in [6, 6.07) is 3.99. The first-order chi connectivity index (χ1) is 8.16. The molecule has 1 atom stereocenters. The van der Waals surface area contributed by atoms with Crippen molar-refractivity contribution < 1.29 is 4.79 Å². The number of carbonyl (C=O) groups is 1. The first-order valence-corrected chi connectivity index (χ1v) is 5.97. The molecule has 0 saturated heterocycles. The van der Waals surface area contributed by atoms with E-state index < -0.39 is 0 Å². The fourth-order valence-electron chi connectivity index (χ4n) is 1.67. The number of nitrogens with one attached hydrogen (secondary N) is 1. The van der Waals surface area contributed by atoms with Crippen LogP contribution in [0.3, 0.4) is 0 Å². The van der Waals surface area contributed by atoms with Gasteiger partial charge in [-0.05, 0) is 44.6 Å². The van der Waals surface area contributed by atoms with Crippen molar-refractivity contribution in [1.29, 1.82) is 0 Å². The van der Waals surface area contributed by atoms with E-state index in [1.165, 1.54) is 0 Å². The molecule has 0 aliphatic carbocycles. The van der Waals surface area contributed by atoms with Gasteiger partial charge in [0.15, 0.2) is 0 Å². The molecule has 0 fully saturated rings. The van der Waals surface area contributed by atoms with Crippen molar-refractivity contribution in [3.05, 3.63) is 30.1 Å². The van der Waals surface area contributed by atoms with Gasteiger partial charge in [0.05, 0.1) is 6.04 Å². The van der Waals surface area contributed by atoms with Crippen molar-refractivity contribution >= 4 is 5.91 Å². The maximum Gasteiger partial charge on any atom is 0.222 e. The lowest BCUT2D eigenvalue weighted by atomic mass is 10.1. The van der Waals surface area contributed by atoms with Crippen LogP contribution in [0, 0.1) is 0 Å². The number of nitrogens with zero attached hydrogens (tertiary/aromatic N) is 2. The highest BCUT2D eigenvalue weighted by atomic mass is 16.2. The summed E-state index contributed by atoms with van der Waals surface area (Å²) in [5, 5.41) is 3.04. The highest BCUT2D eigenvalue weighted by molar-refractivity contribution is 5.76. The van der Waals surface area contributed by atoms with Gasteiger partial charge in [-0.15, -0.1) is 0 Å². The number of carbonyl (C=O) groups excluding carboxylic acids is 1. The average Bonchev–Trinajstić information content (AvgIpc) is 2.38. The molecule has 4 nitrogen and oxygen atoms in total. The second-order valence-electron chi connectivity index (χ2n) is 4.17. The molecule has 0 aromatic carbocycles. The largest absolute Gasteiger partial charge is 0.339 e. The molecule has 0 saturated carbocycles. The number of aromatic nitrogens is 1. The van der Waals surface area contributed by atoms with Crippen LogP contribution in [-0.2, 0) is 4.79 Å². The Bertz CT molecular complexity index is 340. The Morgan fingerprint density at radius 2 is 2.12 bits per heavy atom. The van der Waals surface area contributed by atoms with Crippen LogP contribution in [0.4, 0.5) is 0 Å². The molecule has 17 heavy (non-hydrogen) atoms. The summed E-state index contributed by atoms with van der Waals surface area (Å²) in [5.41, 5.74) is 1.12. The van der Waals surface area contributed by atoms with E-state index in [1.54, 1.807) is 17.3 Å². The van der Waals surface area contributed by atoms with Gasteiger partial charge in [-0.2, -0.15) is 0 Å². The van der Waals surface area contributed by atoms with Crippen LogP contribution in [0.25, 0.3) is 0 Å². The van der Waals surface area contributed by atoms with Crippen LogP contribution in [0.15, 0.2) is 24.5 Å². The lowest BCUT2D eigenvalue weighted by molar-refractivity contribution is -0.131. The van der Waals surface area contributed by atoms with Gasteiger partial charge >= 0.3 is 0 Å². The molecular weight excluding hydrogens is 214 g/mol. The summed E-state index contributed by atoms with van der Waals surface area (Å²) < 4.78 is 0. The summed E-state index contributed by atoms with van der Waals surface area (Å²) in [7, 11) is 3.75. The maximum absolute atomic E-state index is 11.9. The second-order valence-corrected chi connectivity index (χ2v) is 4.17. The molecule has 0 bridgehead atoms. The monoisotopic (exact) mass is 235 g/mol. The average molecular weight is 235 g/mol. The molecule has 1 aromatic rings. The number of amides is 1. The molecule has 0 aliphatic heterocycles. The van der Waals surface area contributed by atoms with E-state index >= 15 is 0 Å². The smallest absolute Gasteiger partial charge is 0.222 e. The van der Waals surface area contributed by atoms with Crippen LogP contribution in [0.1, 0.15) is 31.4 Å². The standard InChI is InChI=1S/C13H21N3O/c1-11(12-6-9-15-10-7-12)16(3)13(17)5-4-8-14-2/h6-7,9-11,14H,4-5,8H2,1-3H3. The Morgan fingerprint density at radius 1 is 1.47 bits per heavy atom. The predicted molar refractivity (Wildman–Crippen MR) is 68.6 cm³/mol. The van der Waals surface area contributed by atoms with Gasteiger partial charge < -0.3 is 10.2 Å². The number of hydrogen-bond acceptors (Lipinski definition) is 3. The Labute approximate surface area is 103 Å². The Hall–Kier alpha value is -1.42. The lowest BCUT2D eigenvalue weighted by Crippen LogP contribution is -2.30. The van der Waals surface area contributed by atoms with Crippen molar-refractivity contribution in [2.75, 3.05) is 20.6 Å². The highest BCUT2D eigenvalue weighted by Crippen LogP contribution is 2.18. The SMILES string of the molecule is CNCCCC(=O)N(C)C(C)c1ccncc1. The van der Waals surface area contributed by atoms with E-state index in [0.29, 0.717) is 6.42 Å². The molecule has 0 spiro atoms. The molecule has 0 aliphatic rings. The fourth-order valence-corrected chi connectivity index (χ4v) is 1.67. The molecule has 1 heterocycles. The summed E-state index contributed by atoms with van der Waals surface area (Å²) in [6.45, 7) is 2.91. The van der Waals surface area contributed by atoms with Gasteiger partial charge in [-0.3, -0.25) is 9.78 Å². The molecule has 1 unspecified atom stereocenters. The molecular formula is C13H21N3O. The van der Waals surface area contributed by atoms with Crippen molar-refractivity contribution in [2.24, 2.45) is 0 Å². The van der Waals surface area contributed by atoms with Gasteiger partial charge in [0.1, 0.15) is 0 Å². The molecule has 4 heteroatoms. The predicted octanol–water partition coefficient (Wildman–Crippen LogP) is 1.60.